The van der Waals surface area contributed by atoms with E-state index in [1.165, 1.54) is 0 Å². The summed E-state index contributed by atoms with van der Waals surface area (Å²) in [7, 11) is 3.22. The largest absolute Gasteiger partial charge is 0.493 e. The van der Waals surface area contributed by atoms with Crippen LogP contribution in [0.1, 0.15) is 31.9 Å². The molecular formula is C25H29NO5. The standard InChI is InChI=1S/C25H29NO5/c1-7-26-23(27)11-15(3)18-13-19-20(14-31-25(19)16(4)24(18)30-8-2)17-9-10-21(28-5)22(12-17)29-6/h9-14H,7-8H2,1-6H3,(H,26,27)/b15-11+. The molecule has 2 aromatic carbocycles. The second kappa shape index (κ2) is 9.60. The molecule has 0 aliphatic carbocycles. The van der Waals surface area contributed by atoms with Crippen LogP contribution in [0.15, 0.2) is 41.0 Å². The number of benzene rings is 2. The maximum absolute atomic E-state index is 12.1. The first-order valence-electron chi connectivity index (χ1n) is 10.3. The fraction of sp³-hybridized carbons (Fsp3) is 0.320. The van der Waals surface area contributed by atoms with Gasteiger partial charge >= 0.3 is 0 Å². The highest BCUT2D eigenvalue weighted by Gasteiger charge is 2.20. The maximum atomic E-state index is 12.1. The fourth-order valence-electron chi connectivity index (χ4n) is 3.67. The number of hydrogen-bond donors (Lipinski definition) is 1. The van der Waals surface area contributed by atoms with Crippen LogP contribution in [0.4, 0.5) is 0 Å². The van der Waals surface area contributed by atoms with E-state index < -0.39 is 0 Å². The fourth-order valence-corrected chi connectivity index (χ4v) is 3.67. The smallest absolute Gasteiger partial charge is 0.244 e. The molecule has 6 nitrogen and oxygen atoms in total. The summed E-state index contributed by atoms with van der Waals surface area (Å²) in [5.41, 5.74) is 5.19. The van der Waals surface area contributed by atoms with Crippen molar-refractivity contribution in [2.75, 3.05) is 27.4 Å². The van der Waals surface area contributed by atoms with E-state index in [-0.39, 0.29) is 5.91 Å². The summed E-state index contributed by atoms with van der Waals surface area (Å²) in [6.07, 6.45) is 3.34. The average molecular weight is 424 g/mol. The summed E-state index contributed by atoms with van der Waals surface area (Å²) in [6, 6.07) is 7.78. The molecule has 3 rings (SSSR count). The molecule has 0 saturated heterocycles. The molecule has 0 aliphatic heterocycles. The Bertz CT molecular complexity index is 1130. The van der Waals surface area contributed by atoms with Crippen molar-refractivity contribution in [1.82, 2.24) is 5.32 Å². The van der Waals surface area contributed by atoms with Gasteiger partial charge in [-0.05, 0) is 57.0 Å². The van der Waals surface area contributed by atoms with Gasteiger partial charge in [-0.15, -0.1) is 0 Å². The number of carbonyl (C=O) groups excluding carboxylic acids is 1. The van der Waals surface area contributed by atoms with Gasteiger partial charge in [-0.1, -0.05) is 6.07 Å². The van der Waals surface area contributed by atoms with E-state index in [0.717, 1.165) is 44.5 Å². The van der Waals surface area contributed by atoms with E-state index in [1.54, 1.807) is 26.6 Å². The first kappa shape index (κ1) is 22.3. The normalized spacial score (nSPS) is 11.5. The predicted molar refractivity (Wildman–Crippen MR) is 123 cm³/mol. The quantitative estimate of drug-likeness (QED) is 0.494. The molecule has 3 aromatic rings. The first-order valence-corrected chi connectivity index (χ1v) is 10.3. The van der Waals surface area contributed by atoms with Crippen molar-refractivity contribution < 1.29 is 23.4 Å². The molecule has 1 aromatic heterocycles. The third kappa shape index (κ3) is 4.38. The zero-order valence-corrected chi connectivity index (χ0v) is 18.9. The van der Waals surface area contributed by atoms with Gasteiger partial charge in [0, 0.05) is 34.7 Å². The van der Waals surface area contributed by atoms with Gasteiger partial charge in [0.1, 0.15) is 11.3 Å². The number of fused-ring (bicyclic) bond motifs is 1. The molecule has 31 heavy (non-hydrogen) atoms. The molecule has 1 N–H and O–H groups in total. The number of methoxy groups -OCH3 is 2. The molecule has 1 amide bonds. The Labute approximate surface area is 182 Å². The van der Waals surface area contributed by atoms with Crippen LogP contribution in [-0.4, -0.2) is 33.3 Å². The van der Waals surface area contributed by atoms with Crippen LogP contribution in [0.5, 0.6) is 17.2 Å². The first-order chi connectivity index (χ1) is 14.9. The number of ether oxygens (including phenoxy) is 3. The highest BCUT2D eigenvalue weighted by Crippen LogP contribution is 2.42. The van der Waals surface area contributed by atoms with Crippen LogP contribution in [0.3, 0.4) is 0 Å². The van der Waals surface area contributed by atoms with Crippen LogP contribution >= 0.6 is 0 Å². The van der Waals surface area contributed by atoms with Gasteiger partial charge in [0.05, 0.1) is 27.1 Å². The number of nitrogens with one attached hydrogen (secondary N) is 1. The Hall–Kier alpha value is -3.41. The van der Waals surface area contributed by atoms with E-state index in [4.69, 9.17) is 18.6 Å². The summed E-state index contributed by atoms with van der Waals surface area (Å²) in [5.74, 6) is 1.90. The Morgan fingerprint density at radius 2 is 1.87 bits per heavy atom. The van der Waals surface area contributed by atoms with Gasteiger partial charge in [-0.25, -0.2) is 0 Å². The second-order valence-electron chi connectivity index (χ2n) is 7.13. The number of carbonyl (C=O) groups is 1. The van der Waals surface area contributed by atoms with Gasteiger partial charge in [0.15, 0.2) is 11.5 Å². The van der Waals surface area contributed by atoms with Crippen molar-refractivity contribution in [2.24, 2.45) is 0 Å². The summed E-state index contributed by atoms with van der Waals surface area (Å²) in [5, 5.41) is 3.74. The Balaban J connectivity index is 2.22. The van der Waals surface area contributed by atoms with Crippen LogP contribution in [0.2, 0.25) is 0 Å². The number of furan rings is 1. The molecule has 0 radical (unpaired) electrons. The minimum absolute atomic E-state index is 0.132. The van der Waals surface area contributed by atoms with E-state index >= 15 is 0 Å². The zero-order valence-electron chi connectivity index (χ0n) is 18.9. The lowest BCUT2D eigenvalue weighted by molar-refractivity contribution is -0.116. The zero-order chi connectivity index (χ0) is 22.5. The number of amides is 1. The molecule has 164 valence electrons. The Morgan fingerprint density at radius 1 is 1.13 bits per heavy atom. The van der Waals surface area contributed by atoms with E-state index in [9.17, 15) is 4.79 Å². The molecule has 0 aliphatic rings. The number of rotatable bonds is 8. The van der Waals surface area contributed by atoms with E-state index in [1.807, 2.05) is 52.0 Å². The topological polar surface area (TPSA) is 69.9 Å². The molecule has 0 unspecified atom stereocenters. The summed E-state index contributed by atoms with van der Waals surface area (Å²) < 4.78 is 22.7. The van der Waals surface area contributed by atoms with Crippen LogP contribution < -0.4 is 19.5 Å². The van der Waals surface area contributed by atoms with Crippen LogP contribution in [-0.2, 0) is 4.79 Å². The molecule has 0 atom stereocenters. The highest BCUT2D eigenvalue weighted by molar-refractivity contribution is 6.01. The minimum atomic E-state index is -0.132. The molecular weight excluding hydrogens is 394 g/mol. The number of allylic oxidation sites excluding steroid dienone is 1. The van der Waals surface area contributed by atoms with Gasteiger partial charge in [0.2, 0.25) is 5.91 Å². The summed E-state index contributed by atoms with van der Waals surface area (Å²) >= 11 is 0. The Morgan fingerprint density at radius 3 is 2.52 bits per heavy atom. The van der Waals surface area contributed by atoms with Crippen molar-refractivity contribution in [3.05, 3.63) is 47.7 Å². The molecule has 0 spiro atoms. The maximum Gasteiger partial charge on any atom is 0.244 e. The lowest BCUT2D eigenvalue weighted by Crippen LogP contribution is -2.20. The van der Waals surface area contributed by atoms with Gasteiger partial charge in [-0.2, -0.15) is 0 Å². The van der Waals surface area contributed by atoms with Crippen molar-refractivity contribution >= 4 is 22.4 Å². The van der Waals surface area contributed by atoms with Crippen LogP contribution in [0.25, 0.3) is 27.7 Å². The lowest BCUT2D eigenvalue weighted by atomic mass is 9.96. The second-order valence-corrected chi connectivity index (χ2v) is 7.13. The average Bonchev–Trinajstić information content (AvgIpc) is 3.19. The lowest BCUT2D eigenvalue weighted by Gasteiger charge is -2.15. The highest BCUT2D eigenvalue weighted by atomic mass is 16.5. The third-order valence-electron chi connectivity index (χ3n) is 5.15. The summed E-state index contributed by atoms with van der Waals surface area (Å²) in [6.45, 7) is 8.80. The van der Waals surface area contributed by atoms with Crippen molar-refractivity contribution in [2.45, 2.75) is 27.7 Å². The number of aryl methyl sites for hydroxylation is 1. The van der Waals surface area contributed by atoms with Gasteiger partial charge in [-0.3, -0.25) is 4.79 Å². The SMILES string of the molecule is CCNC(=O)/C=C(\C)c1cc2c(-c3ccc(OC)c(OC)c3)coc2c(C)c1OCC. The minimum Gasteiger partial charge on any atom is -0.493 e. The van der Waals surface area contributed by atoms with Crippen LogP contribution in [0, 0.1) is 6.92 Å². The molecule has 6 heteroatoms. The summed E-state index contributed by atoms with van der Waals surface area (Å²) in [4.78, 5) is 12.1. The predicted octanol–water partition coefficient (Wildman–Crippen LogP) is 5.36. The monoisotopic (exact) mass is 423 g/mol. The molecule has 0 saturated carbocycles. The van der Waals surface area contributed by atoms with Gasteiger partial charge in [0.25, 0.3) is 0 Å². The third-order valence-corrected chi connectivity index (χ3v) is 5.15. The van der Waals surface area contributed by atoms with Crippen molar-refractivity contribution in [3.63, 3.8) is 0 Å². The van der Waals surface area contributed by atoms with E-state index in [2.05, 4.69) is 5.32 Å². The molecule has 0 bridgehead atoms. The molecule has 0 fully saturated rings. The van der Waals surface area contributed by atoms with Gasteiger partial charge < -0.3 is 23.9 Å². The number of hydrogen-bond acceptors (Lipinski definition) is 5. The Kier molecular flexibility index (Phi) is 6.90. The molecule has 1 heterocycles. The van der Waals surface area contributed by atoms with E-state index in [0.29, 0.717) is 24.7 Å². The number of likely N-dealkylation sites (N-methyl/N-ethyl adjacent to an activating group) is 1. The van der Waals surface area contributed by atoms with Crippen molar-refractivity contribution in [3.8, 4) is 28.4 Å². The van der Waals surface area contributed by atoms with Crippen molar-refractivity contribution in [1.29, 1.82) is 0 Å².